The van der Waals surface area contributed by atoms with Gasteiger partial charge in [0.25, 0.3) is 0 Å². The monoisotopic (exact) mass is 378 g/mol. The highest BCUT2D eigenvalue weighted by atomic mass is 32.3. The van der Waals surface area contributed by atoms with Crippen molar-refractivity contribution in [1.82, 2.24) is 0 Å². The van der Waals surface area contributed by atoms with Crippen LogP contribution in [0.1, 0.15) is 11.1 Å². The zero-order valence-corrected chi connectivity index (χ0v) is 13.6. The average molecular weight is 378 g/mol. The van der Waals surface area contributed by atoms with Gasteiger partial charge in [-0.3, -0.25) is 9.11 Å². The molecular formula is C12H14N2O8S2. The lowest BCUT2D eigenvalue weighted by Crippen LogP contribution is -1.97. The molecule has 24 heavy (non-hydrogen) atoms. The Morgan fingerprint density at radius 2 is 0.917 bits per heavy atom. The summed E-state index contributed by atoms with van der Waals surface area (Å²) in [5.74, 6) is 0. The predicted molar refractivity (Wildman–Crippen MR) is 79.6 cm³/mol. The van der Waals surface area contributed by atoms with E-state index in [9.17, 15) is 0 Å². The van der Waals surface area contributed by atoms with Crippen molar-refractivity contribution in [2.75, 3.05) is 0 Å². The molecule has 0 aromatic carbocycles. The molecule has 2 rings (SSSR count). The van der Waals surface area contributed by atoms with E-state index < -0.39 is 20.8 Å². The summed E-state index contributed by atoms with van der Waals surface area (Å²) in [4.78, 5) is 5.98. The molecular weight excluding hydrogens is 364 g/mol. The lowest BCUT2D eigenvalue weighted by atomic mass is 10.2. The summed E-state index contributed by atoms with van der Waals surface area (Å²) >= 11 is 0. The number of nitrogens with one attached hydrogen (secondary N) is 2. The number of rotatable bonds is 2. The number of H-pyrrole nitrogens is 2. The van der Waals surface area contributed by atoms with Crippen LogP contribution in [0.2, 0.25) is 0 Å². The first-order chi connectivity index (χ1) is 10.9. The van der Waals surface area contributed by atoms with Gasteiger partial charge in [-0.25, -0.2) is 26.8 Å². The maximum absolute atomic E-state index is 8.63. The van der Waals surface area contributed by atoms with Crippen molar-refractivity contribution >= 4 is 33.0 Å². The fourth-order valence-corrected chi connectivity index (χ4v) is 1.21. The number of hydrogen-bond acceptors (Lipinski definition) is 6. The Bertz CT molecular complexity index is 734. The van der Waals surface area contributed by atoms with Crippen LogP contribution in [0.5, 0.6) is 0 Å². The van der Waals surface area contributed by atoms with Gasteiger partial charge in [0.15, 0.2) is 24.8 Å². The minimum absolute atomic E-state index is 1.19. The fraction of sp³-hybridized carbons (Fsp3) is 0. The van der Waals surface area contributed by atoms with Gasteiger partial charge >= 0.3 is 0 Å². The van der Waals surface area contributed by atoms with Gasteiger partial charge in [0.1, 0.15) is 0 Å². The Kier molecular flexibility index (Phi) is 9.56. The van der Waals surface area contributed by atoms with E-state index in [0.717, 1.165) is 0 Å². The van der Waals surface area contributed by atoms with Crippen LogP contribution in [0.15, 0.2) is 49.1 Å². The smallest absolute Gasteiger partial charge is 0.215 e. The molecule has 2 aromatic heterocycles. The quantitative estimate of drug-likeness (QED) is 0.517. The van der Waals surface area contributed by atoms with Gasteiger partial charge in [0.05, 0.1) is 0 Å². The van der Waals surface area contributed by atoms with E-state index in [4.69, 9.17) is 35.0 Å². The van der Waals surface area contributed by atoms with E-state index in [-0.39, 0.29) is 0 Å². The molecule has 4 N–H and O–H groups in total. The molecule has 0 bridgehead atoms. The van der Waals surface area contributed by atoms with Crippen molar-refractivity contribution in [3.8, 4) is 0 Å². The van der Waals surface area contributed by atoms with E-state index in [0.29, 0.717) is 0 Å². The van der Waals surface area contributed by atoms with Crippen LogP contribution in [0.3, 0.4) is 0 Å². The Morgan fingerprint density at radius 3 is 1.12 bits per heavy atom. The Balaban J connectivity index is 0.000000442. The maximum atomic E-state index is 8.63. The molecule has 0 saturated carbocycles. The van der Waals surface area contributed by atoms with Crippen LogP contribution < -0.4 is 9.97 Å². The number of aromatic amines is 2. The second-order valence-electron chi connectivity index (χ2n) is 3.86. The number of hydrogen-bond donors (Lipinski definition) is 2. The van der Waals surface area contributed by atoms with Gasteiger partial charge in [-0.1, -0.05) is 12.2 Å². The lowest BCUT2D eigenvalue weighted by molar-refractivity contribution is -0.378. The Hall–Kier alpha value is -2.22. The summed E-state index contributed by atoms with van der Waals surface area (Å²) in [6.07, 6.45) is 11.8. The molecule has 0 spiro atoms. The molecule has 0 saturated heterocycles. The predicted octanol–water partition coefficient (Wildman–Crippen LogP) is -0.506. The maximum Gasteiger partial charge on any atom is 0.215 e. The van der Waals surface area contributed by atoms with Gasteiger partial charge in [0.2, 0.25) is 20.8 Å². The van der Waals surface area contributed by atoms with Gasteiger partial charge in [-0.05, 0) is 11.1 Å². The van der Waals surface area contributed by atoms with Crippen molar-refractivity contribution in [3.05, 3.63) is 60.2 Å². The Morgan fingerprint density at radius 1 is 0.708 bits per heavy atom. The van der Waals surface area contributed by atoms with Gasteiger partial charge < -0.3 is 9.11 Å². The standard InChI is InChI=1S/C12H10N2.2H2O4S/c1(11-3-7-13-8-4-11)2-12-5-9-14-10-6-12;2*1-5(2,3)4/h1-10H;2*(H2,1,2,3,4)/b2-1+;;. The highest BCUT2D eigenvalue weighted by molar-refractivity contribution is 7.80. The number of pyridine rings is 2. The third kappa shape index (κ3) is 19.8. The van der Waals surface area contributed by atoms with Gasteiger partial charge in [-0.2, -0.15) is 0 Å². The minimum atomic E-state index is -4.92. The van der Waals surface area contributed by atoms with Crippen molar-refractivity contribution in [2.24, 2.45) is 0 Å². The molecule has 10 nitrogen and oxygen atoms in total. The van der Waals surface area contributed by atoms with Crippen LogP contribution in [0, 0.1) is 0 Å². The van der Waals surface area contributed by atoms with Crippen molar-refractivity contribution < 1.29 is 45.0 Å². The van der Waals surface area contributed by atoms with Gasteiger partial charge in [0, 0.05) is 24.3 Å². The van der Waals surface area contributed by atoms with E-state index in [1.54, 1.807) is 0 Å². The van der Waals surface area contributed by atoms with Crippen molar-refractivity contribution in [3.63, 3.8) is 0 Å². The van der Waals surface area contributed by atoms with Crippen LogP contribution in [-0.4, -0.2) is 35.0 Å². The van der Waals surface area contributed by atoms with E-state index in [1.807, 2.05) is 49.1 Å². The number of aromatic nitrogens is 2. The largest absolute Gasteiger partial charge is 0.726 e. The minimum Gasteiger partial charge on any atom is -0.726 e. The summed E-state index contributed by atoms with van der Waals surface area (Å²) in [6, 6.07) is 8.13. The summed E-state index contributed by atoms with van der Waals surface area (Å²) in [6.45, 7) is 0. The molecule has 0 fully saturated rings. The Labute approximate surface area is 138 Å². The molecule has 12 heteroatoms. The zero-order chi connectivity index (χ0) is 18.6. The summed E-state index contributed by atoms with van der Waals surface area (Å²) in [5, 5.41) is 0. The van der Waals surface area contributed by atoms with E-state index >= 15 is 0 Å². The summed E-state index contributed by atoms with van der Waals surface area (Å²) in [5.41, 5.74) is 2.38. The fourth-order valence-electron chi connectivity index (χ4n) is 1.21. The van der Waals surface area contributed by atoms with E-state index in [1.165, 1.54) is 11.1 Å². The first-order valence-corrected chi connectivity index (χ1v) is 8.65. The first kappa shape index (κ1) is 21.8. The normalized spacial score (nSPS) is 11.0. The van der Waals surface area contributed by atoms with Gasteiger partial charge in [-0.15, -0.1) is 0 Å². The molecule has 0 atom stereocenters. The van der Waals surface area contributed by atoms with Crippen LogP contribution >= 0.6 is 0 Å². The molecule has 132 valence electrons. The highest BCUT2D eigenvalue weighted by Crippen LogP contribution is 2.04. The topological polar surface area (TPSA) is 183 Å². The zero-order valence-electron chi connectivity index (χ0n) is 11.9. The summed E-state index contributed by atoms with van der Waals surface area (Å²) < 4.78 is 65.7. The van der Waals surface area contributed by atoms with Crippen LogP contribution in [-0.2, 0) is 20.8 Å². The molecule has 0 radical (unpaired) electrons. The molecule has 0 aliphatic rings. The lowest BCUT2D eigenvalue weighted by Gasteiger charge is -1.88. The SMILES string of the molecule is C(=C\c1cc[nH+]cc1)/c1cc[nH+]cc1.O=S(=O)([O-])O.O=S(=O)([O-])O. The molecule has 0 unspecified atom stereocenters. The van der Waals surface area contributed by atoms with E-state index in [2.05, 4.69) is 22.1 Å². The molecule has 0 amide bonds. The third-order valence-electron chi connectivity index (χ3n) is 1.96. The second-order valence-corrected chi connectivity index (χ2v) is 5.57. The molecule has 0 aliphatic heterocycles. The summed E-state index contributed by atoms with van der Waals surface area (Å²) in [7, 11) is -9.83. The van der Waals surface area contributed by atoms with Crippen LogP contribution in [0.4, 0.5) is 0 Å². The highest BCUT2D eigenvalue weighted by Gasteiger charge is 1.89. The second kappa shape index (κ2) is 10.5. The molecule has 2 aromatic rings. The van der Waals surface area contributed by atoms with Crippen LogP contribution in [0.25, 0.3) is 12.2 Å². The third-order valence-corrected chi connectivity index (χ3v) is 1.96. The first-order valence-electron chi connectivity index (χ1n) is 5.92. The van der Waals surface area contributed by atoms with Crippen molar-refractivity contribution in [2.45, 2.75) is 0 Å². The average Bonchev–Trinajstić information content (AvgIpc) is 2.44. The molecule has 2 heterocycles. The molecule has 0 aliphatic carbocycles. The van der Waals surface area contributed by atoms with Crippen molar-refractivity contribution in [1.29, 1.82) is 0 Å².